The van der Waals surface area contributed by atoms with Crippen molar-refractivity contribution in [1.29, 1.82) is 5.41 Å². The minimum absolute atomic E-state index is 0.111. The number of pyridine rings is 1. The molecule has 1 aromatic rings. The molecule has 1 aromatic heterocycles. The molecule has 0 aliphatic carbocycles. The van der Waals surface area contributed by atoms with Crippen LogP contribution in [0.15, 0.2) is 18.3 Å². The van der Waals surface area contributed by atoms with E-state index in [0.717, 1.165) is 30.4 Å². The maximum atomic E-state index is 7.46. The molecule has 0 atom stereocenters. The van der Waals surface area contributed by atoms with E-state index < -0.39 is 0 Å². The lowest BCUT2D eigenvalue weighted by atomic mass is 9.92. The van der Waals surface area contributed by atoms with Crippen LogP contribution in [0.2, 0.25) is 0 Å². The highest BCUT2D eigenvalue weighted by molar-refractivity contribution is 5.95. The van der Waals surface area contributed by atoms with Crippen molar-refractivity contribution in [3.05, 3.63) is 23.9 Å². The molecule has 0 unspecified atom stereocenters. The Hall–Kier alpha value is -1.58. The first-order chi connectivity index (χ1) is 8.70. The third-order valence-corrected chi connectivity index (χ3v) is 3.69. The number of piperidine rings is 1. The molecule has 1 aliphatic heterocycles. The van der Waals surface area contributed by atoms with E-state index in [1.165, 1.54) is 25.7 Å². The van der Waals surface area contributed by atoms with Crippen molar-refractivity contribution in [2.45, 2.75) is 32.6 Å². The quantitative estimate of drug-likeness (QED) is 0.633. The van der Waals surface area contributed by atoms with Gasteiger partial charge in [0.05, 0.1) is 0 Å². The first-order valence-electron chi connectivity index (χ1n) is 6.76. The molecule has 0 radical (unpaired) electrons. The fraction of sp³-hybridized carbons (Fsp3) is 0.571. The maximum absolute atomic E-state index is 7.46. The zero-order valence-electron chi connectivity index (χ0n) is 11.0. The van der Waals surface area contributed by atoms with Crippen molar-refractivity contribution >= 4 is 11.7 Å². The molecule has 18 heavy (non-hydrogen) atoms. The Morgan fingerprint density at radius 3 is 2.83 bits per heavy atom. The van der Waals surface area contributed by atoms with E-state index in [0.29, 0.717) is 0 Å². The molecule has 1 saturated heterocycles. The topological polar surface area (TPSA) is 66.0 Å². The van der Waals surface area contributed by atoms with Crippen LogP contribution in [0.3, 0.4) is 0 Å². The number of hydrogen-bond acceptors (Lipinski definition) is 3. The Bertz CT molecular complexity index is 408. The number of aromatic nitrogens is 1. The zero-order chi connectivity index (χ0) is 13.0. The van der Waals surface area contributed by atoms with Crippen molar-refractivity contribution < 1.29 is 0 Å². The minimum Gasteiger partial charge on any atom is -0.384 e. The van der Waals surface area contributed by atoms with Gasteiger partial charge in [-0.05, 0) is 30.9 Å². The van der Waals surface area contributed by atoms with Gasteiger partial charge >= 0.3 is 0 Å². The summed E-state index contributed by atoms with van der Waals surface area (Å²) in [5, 5.41) is 7.46. The van der Waals surface area contributed by atoms with E-state index in [9.17, 15) is 0 Å². The van der Waals surface area contributed by atoms with Crippen LogP contribution in [0, 0.1) is 11.3 Å². The largest absolute Gasteiger partial charge is 0.384 e. The Kier molecular flexibility index (Phi) is 4.18. The average Bonchev–Trinajstić information content (AvgIpc) is 2.40. The number of nitrogens with two attached hydrogens (primary N) is 1. The third-order valence-electron chi connectivity index (χ3n) is 3.69. The number of amidine groups is 1. The van der Waals surface area contributed by atoms with E-state index >= 15 is 0 Å². The van der Waals surface area contributed by atoms with Crippen LogP contribution >= 0.6 is 0 Å². The zero-order valence-corrected chi connectivity index (χ0v) is 11.0. The van der Waals surface area contributed by atoms with Crippen molar-refractivity contribution in [3.63, 3.8) is 0 Å². The number of rotatable bonds is 4. The molecule has 0 spiro atoms. The summed E-state index contributed by atoms with van der Waals surface area (Å²) in [6.07, 6.45) is 6.86. The number of nitrogen functional groups attached to an aromatic ring is 1. The number of anilines is 1. The average molecular weight is 246 g/mol. The molecule has 0 amide bonds. The highest BCUT2D eigenvalue weighted by Crippen LogP contribution is 2.25. The number of nitrogens with one attached hydrogen (secondary N) is 1. The first-order valence-corrected chi connectivity index (χ1v) is 6.76. The van der Waals surface area contributed by atoms with Crippen LogP contribution in [-0.2, 0) is 0 Å². The summed E-state index contributed by atoms with van der Waals surface area (Å²) >= 11 is 0. The molecular weight excluding hydrogens is 224 g/mol. The minimum atomic E-state index is 0.111. The summed E-state index contributed by atoms with van der Waals surface area (Å²) in [5.74, 6) is 1.94. The van der Waals surface area contributed by atoms with E-state index in [1.807, 2.05) is 6.07 Å². The Morgan fingerprint density at radius 2 is 2.22 bits per heavy atom. The number of nitrogens with zero attached hydrogens (tertiary/aromatic N) is 2. The summed E-state index contributed by atoms with van der Waals surface area (Å²) in [4.78, 5) is 6.69. The maximum Gasteiger partial charge on any atom is 0.129 e. The van der Waals surface area contributed by atoms with Crippen LogP contribution in [0.5, 0.6) is 0 Å². The number of hydrogen-bond donors (Lipinski definition) is 2. The van der Waals surface area contributed by atoms with E-state index in [1.54, 1.807) is 12.3 Å². The first kappa shape index (κ1) is 12.9. The third kappa shape index (κ3) is 3.00. The van der Waals surface area contributed by atoms with Crippen LogP contribution in [0.4, 0.5) is 5.82 Å². The van der Waals surface area contributed by atoms with Crippen molar-refractivity contribution in [3.8, 4) is 0 Å². The highest BCUT2D eigenvalue weighted by atomic mass is 15.2. The van der Waals surface area contributed by atoms with Gasteiger partial charge in [0.1, 0.15) is 11.7 Å². The summed E-state index contributed by atoms with van der Waals surface area (Å²) in [6, 6.07) is 3.71. The molecule has 2 rings (SSSR count). The molecule has 4 nitrogen and oxygen atoms in total. The molecule has 0 bridgehead atoms. The van der Waals surface area contributed by atoms with Gasteiger partial charge < -0.3 is 10.6 Å². The second-order valence-electron chi connectivity index (χ2n) is 5.04. The molecular formula is C14H22N4. The summed E-state index contributed by atoms with van der Waals surface area (Å²) < 4.78 is 0. The predicted octanol–water partition coefficient (Wildman–Crippen LogP) is 2.38. The smallest absolute Gasteiger partial charge is 0.129 e. The molecule has 0 saturated carbocycles. The standard InChI is InChI=1S/C14H22N4/c1-2-3-11-5-8-18(9-6-11)13-10-12(14(15)16)4-7-17-13/h4,7,10-11H,2-3,5-6,8-9H2,1H3,(H3,15,16). The molecule has 1 aliphatic rings. The Balaban J connectivity index is 2.01. The predicted molar refractivity (Wildman–Crippen MR) is 75.1 cm³/mol. The van der Waals surface area contributed by atoms with Crippen molar-refractivity contribution in [1.82, 2.24) is 4.98 Å². The molecule has 1 fully saturated rings. The fourth-order valence-corrected chi connectivity index (χ4v) is 2.62. The van der Waals surface area contributed by atoms with E-state index in [4.69, 9.17) is 11.1 Å². The van der Waals surface area contributed by atoms with Crippen LogP contribution in [0.25, 0.3) is 0 Å². The summed E-state index contributed by atoms with van der Waals surface area (Å²) in [5.41, 5.74) is 6.27. The fourth-order valence-electron chi connectivity index (χ4n) is 2.62. The molecule has 98 valence electrons. The lowest BCUT2D eigenvalue weighted by molar-refractivity contribution is 0.377. The van der Waals surface area contributed by atoms with Gasteiger partial charge in [0.25, 0.3) is 0 Å². The van der Waals surface area contributed by atoms with E-state index in [2.05, 4.69) is 16.8 Å². The molecule has 3 N–H and O–H groups in total. The SMILES string of the molecule is CCCC1CCN(c2cc(C(=N)N)ccn2)CC1. The second-order valence-corrected chi connectivity index (χ2v) is 5.04. The van der Waals surface area contributed by atoms with Gasteiger partial charge in [-0.25, -0.2) is 4.98 Å². The van der Waals surface area contributed by atoms with Crippen molar-refractivity contribution in [2.75, 3.05) is 18.0 Å². The normalized spacial score (nSPS) is 16.8. The lowest BCUT2D eigenvalue weighted by Crippen LogP contribution is -2.34. The highest BCUT2D eigenvalue weighted by Gasteiger charge is 2.19. The second kappa shape index (κ2) is 5.85. The molecule has 2 heterocycles. The summed E-state index contributed by atoms with van der Waals surface area (Å²) in [7, 11) is 0. The van der Waals surface area contributed by atoms with Gasteiger partial charge in [-0.15, -0.1) is 0 Å². The van der Waals surface area contributed by atoms with Gasteiger partial charge in [0.2, 0.25) is 0 Å². The van der Waals surface area contributed by atoms with Crippen LogP contribution < -0.4 is 10.6 Å². The van der Waals surface area contributed by atoms with Crippen LogP contribution in [-0.4, -0.2) is 23.9 Å². The lowest BCUT2D eigenvalue weighted by Gasteiger charge is -2.32. The van der Waals surface area contributed by atoms with Gasteiger partial charge in [-0.2, -0.15) is 0 Å². The van der Waals surface area contributed by atoms with Crippen LogP contribution in [0.1, 0.15) is 38.2 Å². The van der Waals surface area contributed by atoms with Crippen molar-refractivity contribution in [2.24, 2.45) is 11.7 Å². The molecule has 4 heteroatoms. The Labute approximate surface area is 109 Å². The summed E-state index contributed by atoms with van der Waals surface area (Å²) in [6.45, 7) is 4.39. The van der Waals surface area contributed by atoms with Gasteiger partial charge in [0, 0.05) is 24.8 Å². The monoisotopic (exact) mass is 246 g/mol. The van der Waals surface area contributed by atoms with Gasteiger partial charge in [0.15, 0.2) is 0 Å². The van der Waals surface area contributed by atoms with Gasteiger partial charge in [-0.3, -0.25) is 5.41 Å². The van der Waals surface area contributed by atoms with E-state index in [-0.39, 0.29) is 5.84 Å². The van der Waals surface area contributed by atoms with Gasteiger partial charge in [-0.1, -0.05) is 19.8 Å². The molecule has 0 aromatic carbocycles. The Morgan fingerprint density at radius 1 is 1.50 bits per heavy atom.